The second-order valence-electron chi connectivity index (χ2n) is 27.6. The van der Waals surface area contributed by atoms with E-state index in [0.29, 0.717) is 31.6 Å². The summed E-state index contributed by atoms with van der Waals surface area (Å²) in [6, 6.07) is 0. The van der Waals surface area contributed by atoms with Crippen LogP contribution in [0.2, 0.25) is 0 Å². The molecule has 0 saturated carbocycles. The van der Waals surface area contributed by atoms with Gasteiger partial charge in [0.15, 0.2) is 12.2 Å². The van der Waals surface area contributed by atoms with Crippen LogP contribution in [0.5, 0.6) is 0 Å². The van der Waals surface area contributed by atoms with E-state index in [1.54, 1.807) is 0 Å². The van der Waals surface area contributed by atoms with Gasteiger partial charge in [-0.2, -0.15) is 0 Å². The largest absolute Gasteiger partial charge is 0.472 e. The molecule has 0 aliphatic carbocycles. The molecule has 0 aliphatic heterocycles. The van der Waals surface area contributed by atoms with Crippen molar-refractivity contribution in [3.63, 3.8) is 0 Å². The zero-order valence-electron chi connectivity index (χ0n) is 60.6. The number of ether oxygens (including phenoxy) is 4. The van der Waals surface area contributed by atoms with E-state index in [4.69, 9.17) is 37.0 Å². The average Bonchev–Trinajstić information content (AvgIpc) is 2.96. The number of unbranched alkanes of at least 4 members (excludes halogenated alkanes) is 43. The molecule has 0 spiro atoms. The highest BCUT2D eigenvalue weighted by Crippen LogP contribution is 2.45. The third-order valence-corrected chi connectivity index (χ3v) is 19.1. The van der Waals surface area contributed by atoms with Crippen LogP contribution >= 0.6 is 15.6 Å². The monoisotopic (exact) mass is 1370 g/mol. The van der Waals surface area contributed by atoms with Crippen molar-refractivity contribution in [3.8, 4) is 0 Å². The van der Waals surface area contributed by atoms with Crippen LogP contribution in [-0.4, -0.2) is 96.7 Å². The lowest BCUT2D eigenvalue weighted by molar-refractivity contribution is -0.161. The molecule has 0 heterocycles. The van der Waals surface area contributed by atoms with E-state index in [2.05, 4.69) is 41.5 Å². The summed E-state index contributed by atoms with van der Waals surface area (Å²) in [4.78, 5) is 72.3. The fourth-order valence-corrected chi connectivity index (χ4v) is 12.9. The summed E-state index contributed by atoms with van der Waals surface area (Å²) in [5.74, 6) is -0.645. The Bertz CT molecular complexity index is 1800. The summed E-state index contributed by atoms with van der Waals surface area (Å²) in [7, 11) is -9.89. The SMILES string of the molecule is CCCCCCCCCCCCCCCCCCCCC(=O)OC[C@H](COP(=O)(O)OC[C@@H](O)COP(=O)(O)OC[C@@H](COC(=O)CCCCCCC)OC(=O)CCCCCCCCC(C)C)OC(=O)CCCCCCCCCCCCCCCCCCCCC(C)C. The smallest absolute Gasteiger partial charge is 0.462 e. The molecule has 0 radical (unpaired) electrons. The van der Waals surface area contributed by atoms with Gasteiger partial charge in [-0.1, -0.05) is 330 Å². The maximum absolute atomic E-state index is 13.1. The van der Waals surface area contributed by atoms with E-state index < -0.39 is 97.5 Å². The normalized spacial score (nSPS) is 14.1. The molecular weight excluding hydrogens is 1220 g/mol. The number of aliphatic hydroxyl groups is 1. The summed E-state index contributed by atoms with van der Waals surface area (Å²) < 4.78 is 68.1. The molecular formula is C74H144O17P2. The van der Waals surface area contributed by atoms with Crippen molar-refractivity contribution in [3.05, 3.63) is 0 Å². The van der Waals surface area contributed by atoms with Gasteiger partial charge in [-0.25, -0.2) is 9.13 Å². The zero-order chi connectivity index (χ0) is 68.6. The first-order valence-electron chi connectivity index (χ1n) is 38.5. The fourth-order valence-electron chi connectivity index (χ4n) is 11.3. The van der Waals surface area contributed by atoms with E-state index in [-0.39, 0.29) is 25.7 Å². The van der Waals surface area contributed by atoms with Gasteiger partial charge in [0.25, 0.3) is 0 Å². The van der Waals surface area contributed by atoms with E-state index in [1.807, 2.05) is 0 Å². The predicted octanol–water partition coefficient (Wildman–Crippen LogP) is 21.6. The maximum Gasteiger partial charge on any atom is 0.472 e. The number of carbonyl (C=O) groups is 4. The van der Waals surface area contributed by atoms with E-state index in [0.717, 1.165) is 102 Å². The molecule has 2 unspecified atom stereocenters. The minimum absolute atomic E-state index is 0.101. The Hall–Kier alpha value is -1.94. The minimum atomic E-state index is -4.95. The molecule has 3 N–H and O–H groups in total. The zero-order valence-corrected chi connectivity index (χ0v) is 62.3. The van der Waals surface area contributed by atoms with Crippen molar-refractivity contribution >= 4 is 39.5 Å². The molecule has 0 aliphatic rings. The second-order valence-corrected chi connectivity index (χ2v) is 30.5. The van der Waals surface area contributed by atoms with Crippen molar-refractivity contribution < 1.29 is 80.2 Å². The molecule has 0 aromatic heterocycles. The highest BCUT2D eigenvalue weighted by atomic mass is 31.2. The van der Waals surface area contributed by atoms with Crippen molar-refractivity contribution in [2.24, 2.45) is 11.8 Å². The molecule has 0 fully saturated rings. The Kier molecular flexibility index (Phi) is 64.6. The number of phosphoric acid groups is 2. The standard InChI is InChI=1S/C74H144O17P2/c1-7-9-11-13-14-15-16-17-18-19-23-26-29-32-35-38-45-51-57-72(77)85-63-70(90-73(78)58-52-46-39-36-33-30-27-24-21-20-22-25-28-31-34-37-43-48-54-66(3)4)65-89-93(82,83)87-61-68(75)60-86-92(80,81)88-64-69(62-84-71(76)56-50-42-12-10-8-2)91-74(79)59-53-47-41-40-44-49-55-67(5)6/h66-70,75H,7-65H2,1-6H3,(H,80,81)(H,82,83)/t68-,69+,70+/m0/s1. The van der Waals surface area contributed by atoms with Gasteiger partial charge < -0.3 is 33.8 Å². The lowest BCUT2D eigenvalue weighted by Gasteiger charge is -2.21. The van der Waals surface area contributed by atoms with Gasteiger partial charge >= 0.3 is 39.5 Å². The highest BCUT2D eigenvalue weighted by molar-refractivity contribution is 7.47. The maximum atomic E-state index is 13.1. The van der Waals surface area contributed by atoms with Gasteiger partial charge in [0.2, 0.25) is 0 Å². The van der Waals surface area contributed by atoms with Crippen LogP contribution in [0.1, 0.15) is 382 Å². The number of phosphoric ester groups is 2. The topological polar surface area (TPSA) is 237 Å². The van der Waals surface area contributed by atoms with E-state index in [9.17, 15) is 43.2 Å². The first kappa shape index (κ1) is 91.1. The number of esters is 4. The number of aliphatic hydroxyl groups excluding tert-OH is 1. The molecule has 93 heavy (non-hydrogen) atoms. The van der Waals surface area contributed by atoms with E-state index in [1.165, 1.54) is 193 Å². The van der Waals surface area contributed by atoms with Crippen molar-refractivity contribution in [2.45, 2.75) is 400 Å². The summed E-state index contributed by atoms with van der Waals surface area (Å²) in [6.45, 7) is 9.42. The van der Waals surface area contributed by atoms with Gasteiger partial charge in [0.1, 0.15) is 19.3 Å². The van der Waals surface area contributed by atoms with Gasteiger partial charge in [-0.3, -0.25) is 37.3 Å². The summed E-state index contributed by atoms with van der Waals surface area (Å²) in [6.07, 6.45) is 53.6. The van der Waals surface area contributed by atoms with Gasteiger partial charge in [0.05, 0.1) is 26.4 Å². The summed E-state index contributed by atoms with van der Waals surface area (Å²) in [5, 5.41) is 10.6. The van der Waals surface area contributed by atoms with Crippen LogP contribution in [0.15, 0.2) is 0 Å². The van der Waals surface area contributed by atoms with Crippen LogP contribution in [0, 0.1) is 11.8 Å². The molecule has 0 bridgehead atoms. The predicted molar refractivity (Wildman–Crippen MR) is 377 cm³/mol. The lowest BCUT2D eigenvalue weighted by Crippen LogP contribution is -2.30. The third kappa shape index (κ3) is 68.4. The molecule has 5 atom stereocenters. The first-order chi connectivity index (χ1) is 44.9. The lowest BCUT2D eigenvalue weighted by atomic mass is 10.0. The van der Waals surface area contributed by atoms with Crippen molar-refractivity contribution in [2.75, 3.05) is 39.6 Å². The van der Waals surface area contributed by atoms with Crippen LogP contribution in [0.4, 0.5) is 0 Å². The third-order valence-electron chi connectivity index (χ3n) is 17.2. The van der Waals surface area contributed by atoms with Gasteiger partial charge in [-0.15, -0.1) is 0 Å². The van der Waals surface area contributed by atoms with Crippen LogP contribution < -0.4 is 0 Å². The minimum Gasteiger partial charge on any atom is -0.462 e. The molecule has 0 amide bonds. The Morgan fingerprint density at radius 2 is 0.495 bits per heavy atom. The van der Waals surface area contributed by atoms with Gasteiger partial charge in [-0.05, 0) is 37.5 Å². The number of hydrogen-bond acceptors (Lipinski definition) is 15. The Labute approximate surface area is 568 Å². The first-order valence-corrected chi connectivity index (χ1v) is 41.5. The molecule has 0 aromatic carbocycles. The highest BCUT2D eigenvalue weighted by Gasteiger charge is 2.30. The molecule has 17 nitrogen and oxygen atoms in total. The Morgan fingerprint density at radius 1 is 0.290 bits per heavy atom. The van der Waals surface area contributed by atoms with Crippen LogP contribution in [0.25, 0.3) is 0 Å². The average molecular weight is 1370 g/mol. The molecule has 0 rings (SSSR count). The van der Waals surface area contributed by atoms with Crippen molar-refractivity contribution in [1.29, 1.82) is 0 Å². The van der Waals surface area contributed by atoms with Crippen molar-refractivity contribution in [1.82, 2.24) is 0 Å². The number of carbonyl (C=O) groups excluding carboxylic acids is 4. The summed E-state index contributed by atoms with van der Waals surface area (Å²) >= 11 is 0. The summed E-state index contributed by atoms with van der Waals surface area (Å²) in [5.41, 5.74) is 0. The van der Waals surface area contributed by atoms with Crippen LogP contribution in [-0.2, 0) is 65.4 Å². The molecule has 0 saturated heterocycles. The number of rotatable bonds is 73. The quantitative estimate of drug-likeness (QED) is 0.0222. The number of hydrogen-bond donors (Lipinski definition) is 3. The second kappa shape index (κ2) is 66.0. The Morgan fingerprint density at radius 3 is 0.731 bits per heavy atom. The van der Waals surface area contributed by atoms with Gasteiger partial charge in [0, 0.05) is 25.7 Å². The molecule has 552 valence electrons. The van der Waals surface area contributed by atoms with Crippen LogP contribution in [0.3, 0.4) is 0 Å². The Balaban J connectivity index is 5.10. The fraction of sp³-hybridized carbons (Fsp3) is 0.946. The molecule has 0 aromatic rings. The van der Waals surface area contributed by atoms with E-state index >= 15 is 0 Å². The molecule has 19 heteroatoms.